The molecule has 1 aromatic rings. The summed E-state index contributed by atoms with van der Waals surface area (Å²) < 4.78 is 10.3. The topological polar surface area (TPSA) is 88.1 Å². The van der Waals surface area contributed by atoms with Crippen LogP contribution in [0.2, 0.25) is 0 Å². The zero-order valence-corrected chi connectivity index (χ0v) is 14.1. The molecule has 1 unspecified atom stereocenters. The molecule has 1 fully saturated rings. The van der Waals surface area contributed by atoms with Gasteiger partial charge < -0.3 is 24.8 Å². The summed E-state index contributed by atoms with van der Waals surface area (Å²) in [6, 6.07) is 4.86. The molecule has 24 heavy (non-hydrogen) atoms. The largest absolute Gasteiger partial charge is 0.497 e. The molecular formula is C17H24N2O5. The van der Waals surface area contributed by atoms with E-state index < -0.39 is 11.8 Å². The van der Waals surface area contributed by atoms with Crippen LogP contribution < -0.4 is 14.8 Å². The molecule has 1 heterocycles. The number of piperidine rings is 1. The first kappa shape index (κ1) is 18.1. The van der Waals surface area contributed by atoms with Crippen molar-refractivity contribution >= 4 is 17.5 Å². The smallest absolute Gasteiger partial charge is 0.314 e. The Morgan fingerprint density at radius 1 is 1.29 bits per heavy atom. The van der Waals surface area contributed by atoms with Gasteiger partial charge in [-0.15, -0.1) is 0 Å². The molecule has 0 aliphatic carbocycles. The molecule has 1 atom stereocenters. The minimum Gasteiger partial charge on any atom is -0.497 e. The van der Waals surface area contributed by atoms with Crippen molar-refractivity contribution in [3.63, 3.8) is 0 Å². The van der Waals surface area contributed by atoms with Crippen molar-refractivity contribution < 1.29 is 24.2 Å². The number of aliphatic hydroxyl groups is 1. The van der Waals surface area contributed by atoms with Crippen molar-refractivity contribution in [3.8, 4) is 11.5 Å². The van der Waals surface area contributed by atoms with Gasteiger partial charge in [-0.25, -0.2) is 0 Å². The van der Waals surface area contributed by atoms with Gasteiger partial charge in [0.2, 0.25) is 0 Å². The fourth-order valence-corrected chi connectivity index (χ4v) is 2.93. The number of methoxy groups -OCH3 is 2. The SMILES string of the molecule is COc1ccc(NC(=O)C(=O)N2CCCCC2CCO)c(OC)c1. The van der Waals surface area contributed by atoms with Crippen LogP contribution in [-0.4, -0.2) is 55.2 Å². The van der Waals surface area contributed by atoms with Gasteiger partial charge >= 0.3 is 11.8 Å². The highest BCUT2D eigenvalue weighted by Gasteiger charge is 2.30. The number of rotatable bonds is 5. The minimum absolute atomic E-state index is 0.00235. The third-order valence-corrected chi connectivity index (χ3v) is 4.20. The summed E-state index contributed by atoms with van der Waals surface area (Å²) in [5.74, 6) is -0.273. The summed E-state index contributed by atoms with van der Waals surface area (Å²) in [4.78, 5) is 26.4. The molecule has 2 amide bonds. The number of nitrogens with one attached hydrogen (secondary N) is 1. The molecule has 1 saturated heterocycles. The number of ether oxygens (including phenoxy) is 2. The van der Waals surface area contributed by atoms with Crippen LogP contribution in [0.1, 0.15) is 25.7 Å². The third kappa shape index (κ3) is 4.17. The summed E-state index contributed by atoms with van der Waals surface area (Å²) >= 11 is 0. The van der Waals surface area contributed by atoms with Gasteiger partial charge in [-0.1, -0.05) is 0 Å². The Balaban J connectivity index is 2.09. The molecule has 1 aliphatic rings. The quantitative estimate of drug-likeness (QED) is 0.794. The van der Waals surface area contributed by atoms with Gasteiger partial charge in [0, 0.05) is 25.3 Å². The number of benzene rings is 1. The van der Waals surface area contributed by atoms with Gasteiger partial charge in [0.05, 0.1) is 19.9 Å². The standard InChI is InChI=1S/C17H24N2O5/c1-23-13-6-7-14(15(11-13)24-2)18-16(21)17(22)19-9-4-3-5-12(19)8-10-20/h6-7,11-12,20H,3-5,8-10H2,1-2H3,(H,18,21). The molecule has 7 nitrogen and oxygen atoms in total. The van der Waals surface area contributed by atoms with Crippen LogP contribution in [-0.2, 0) is 9.59 Å². The van der Waals surface area contributed by atoms with E-state index in [-0.39, 0.29) is 12.6 Å². The van der Waals surface area contributed by atoms with E-state index in [1.54, 1.807) is 23.1 Å². The fraction of sp³-hybridized carbons (Fsp3) is 0.529. The van der Waals surface area contributed by atoms with Gasteiger partial charge in [0.15, 0.2) is 0 Å². The molecule has 132 valence electrons. The van der Waals surface area contributed by atoms with Crippen molar-refractivity contribution in [2.24, 2.45) is 0 Å². The zero-order valence-electron chi connectivity index (χ0n) is 14.1. The molecule has 0 saturated carbocycles. The predicted molar refractivity (Wildman–Crippen MR) is 89.2 cm³/mol. The lowest BCUT2D eigenvalue weighted by Gasteiger charge is -2.35. The average Bonchev–Trinajstić information content (AvgIpc) is 2.62. The van der Waals surface area contributed by atoms with Crippen LogP contribution in [0.25, 0.3) is 0 Å². The molecule has 7 heteroatoms. The summed E-state index contributed by atoms with van der Waals surface area (Å²) in [6.07, 6.45) is 3.17. The number of aliphatic hydroxyl groups excluding tert-OH is 1. The lowest BCUT2D eigenvalue weighted by Crippen LogP contribution is -2.48. The third-order valence-electron chi connectivity index (χ3n) is 4.20. The highest BCUT2D eigenvalue weighted by molar-refractivity contribution is 6.39. The Labute approximate surface area is 141 Å². The maximum absolute atomic E-state index is 12.5. The van der Waals surface area contributed by atoms with E-state index in [0.29, 0.717) is 30.2 Å². The molecule has 1 aliphatic heterocycles. The first-order valence-corrected chi connectivity index (χ1v) is 8.05. The first-order valence-electron chi connectivity index (χ1n) is 8.05. The van der Waals surface area contributed by atoms with Crippen molar-refractivity contribution in [2.45, 2.75) is 31.7 Å². The van der Waals surface area contributed by atoms with Crippen LogP contribution in [0.5, 0.6) is 11.5 Å². The molecule has 2 rings (SSSR count). The summed E-state index contributed by atoms with van der Waals surface area (Å²) in [7, 11) is 3.02. The van der Waals surface area contributed by atoms with E-state index in [1.807, 2.05) is 0 Å². The highest BCUT2D eigenvalue weighted by Crippen LogP contribution is 2.29. The van der Waals surface area contributed by atoms with E-state index in [1.165, 1.54) is 14.2 Å². The van der Waals surface area contributed by atoms with E-state index in [9.17, 15) is 9.59 Å². The summed E-state index contributed by atoms with van der Waals surface area (Å²) in [5, 5.41) is 11.7. The second-order valence-electron chi connectivity index (χ2n) is 5.68. The van der Waals surface area contributed by atoms with Crippen molar-refractivity contribution in [1.82, 2.24) is 4.90 Å². The van der Waals surface area contributed by atoms with E-state index in [4.69, 9.17) is 14.6 Å². The van der Waals surface area contributed by atoms with Gasteiger partial charge in [0.25, 0.3) is 0 Å². The van der Waals surface area contributed by atoms with E-state index >= 15 is 0 Å². The van der Waals surface area contributed by atoms with Crippen LogP contribution in [0.3, 0.4) is 0 Å². The first-order chi connectivity index (χ1) is 11.6. The number of anilines is 1. The maximum atomic E-state index is 12.5. The highest BCUT2D eigenvalue weighted by atomic mass is 16.5. The van der Waals surface area contributed by atoms with Gasteiger partial charge in [-0.05, 0) is 37.8 Å². The predicted octanol–water partition coefficient (Wildman–Crippen LogP) is 1.41. The lowest BCUT2D eigenvalue weighted by molar-refractivity contribution is -0.146. The van der Waals surface area contributed by atoms with Crippen LogP contribution in [0, 0.1) is 0 Å². The molecule has 0 aromatic heterocycles. The molecule has 2 N–H and O–H groups in total. The van der Waals surface area contributed by atoms with Crippen LogP contribution in [0.4, 0.5) is 5.69 Å². The molecular weight excluding hydrogens is 312 g/mol. The van der Waals surface area contributed by atoms with E-state index in [0.717, 1.165) is 19.3 Å². The number of hydrogen-bond donors (Lipinski definition) is 2. The lowest BCUT2D eigenvalue weighted by atomic mass is 9.99. The molecule has 1 aromatic carbocycles. The Kier molecular flexibility index (Phi) is 6.43. The second-order valence-corrected chi connectivity index (χ2v) is 5.68. The number of amides is 2. The number of nitrogens with zero attached hydrogens (tertiary/aromatic N) is 1. The van der Waals surface area contributed by atoms with Crippen LogP contribution in [0.15, 0.2) is 18.2 Å². The van der Waals surface area contributed by atoms with Crippen molar-refractivity contribution in [2.75, 3.05) is 32.7 Å². The molecule has 0 bridgehead atoms. The van der Waals surface area contributed by atoms with Gasteiger partial charge in [-0.2, -0.15) is 0 Å². The van der Waals surface area contributed by atoms with Gasteiger partial charge in [0.1, 0.15) is 11.5 Å². The zero-order chi connectivity index (χ0) is 17.5. The summed E-state index contributed by atoms with van der Waals surface area (Å²) in [5.41, 5.74) is 0.410. The number of carbonyl (C=O) groups excluding carboxylic acids is 2. The number of likely N-dealkylation sites (tertiary alicyclic amines) is 1. The number of hydrogen-bond acceptors (Lipinski definition) is 5. The normalized spacial score (nSPS) is 17.3. The molecule has 0 radical (unpaired) electrons. The molecule has 0 spiro atoms. The fourth-order valence-electron chi connectivity index (χ4n) is 2.93. The van der Waals surface area contributed by atoms with Crippen molar-refractivity contribution in [3.05, 3.63) is 18.2 Å². The average molecular weight is 336 g/mol. The Hall–Kier alpha value is -2.28. The second kappa shape index (κ2) is 8.54. The van der Waals surface area contributed by atoms with Crippen molar-refractivity contribution in [1.29, 1.82) is 0 Å². The Bertz CT molecular complexity index is 588. The van der Waals surface area contributed by atoms with Crippen LogP contribution >= 0.6 is 0 Å². The monoisotopic (exact) mass is 336 g/mol. The minimum atomic E-state index is -0.705. The maximum Gasteiger partial charge on any atom is 0.314 e. The summed E-state index contributed by atoms with van der Waals surface area (Å²) in [6.45, 7) is 0.541. The Morgan fingerprint density at radius 3 is 2.75 bits per heavy atom. The van der Waals surface area contributed by atoms with Gasteiger partial charge in [-0.3, -0.25) is 9.59 Å². The van der Waals surface area contributed by atoms with E-state index in [2.05, 4.69) is 5.32 Å². The number of carbonyl (C=O) groups is 2. The Morgan fingerprint density at radius 2 is 2.08 bits per heavy atom.